The lowest BCUT2D eigenvalue weighted by atomic mass is 10.1. The number of carbonyl (C=O) groups is 1. The topological polar surface area (TPSA) is 29.5 Å². The summed E-state index contributed by atoms with van der Waals surface area (Å²) >= 11 is 0. The molecule has 1 atom stereocenters. The number of nitrogens with zero attached hydrogens (tertiary/aromatic N) is 1. The molecule has 1 aliphatic heterocycles. The van der Waals surface area contributed by atoms with Crippen molar-refractivity contribution in [2.75, 3.05) is 12.0 Å². The van der Waals surface area contributed by atoms with Crippen LogP contribution in [0.25, 0.3) is 0 Å². The number of rotatable bonds is 2. The molecular weight excluding hydrogens is 250 g/mol. The van der Waals surface area contributed by atoms with Gasteiger partial charge in [0.1, 0.15) is 5.75 Å². The Kier molecular flexibility index (Phi) is 3.18. The average Bonchev–Trinajstić information content (AvgIpc) is 2.82. The molecule has 0 aliphatic carbocycles. The fraction of sp³-hybridized carbons (Fsp3) is 0.235. The highest BCUT2D eigenvalue weighted by atomic mass is 16.5. The van der Waals surface area contributed by atoms with Gasteiger partial charge in [0.05, 0.1) is 7.11 Å². The summed E-state index contributed by atoms with van der Waals surface area (Å²) in [6.45, 7) is 2.08. The lowest BCUT2D eigenvalue weighted by molar-refractivity contribution is 0.0981. The van der Waals surface area contributed by atoms with Crippen LogP contribution in [0.4, 0.5) is 5.69 Å². The highest BCUT2D eigenvalue weighted by molar-refractivity contribution is 6.07. The SMILES string of the molecule is COc1cccc(C(=O)N2c3ccccc3C[C@H]2C)c1. The molecule has 1 heterocycles. The van der Waals surface area contributed by atoms with E-state index in [1.165, 1.54) is 5.56 Å². The molecule has 0 spiro atoms. The van der Waals surface area contributed by atoms with Gasteiger partial charge in [-0.1, -0.05) is 24.3 Å². The Hall–Kier alpha value is -2.29. The zero-order valence-electron chi connectivity index (χ0n) is 11.7. The summed E-state index contributed by atoms with van der Waals surface area (Å²) in [6, 6.07) is 15.6. The number of carbonyl (C=O) groups excluding carboxylic acids is 1. The Bertz CT molecular complexity index is 651. The normalized spacial score (nSPS) is 16.9. The van der Waals surface area contributed by atoms with Crippen LogP contribution in [-0.4, -0.2) is 19.1 Å². The van der Waals surface area contributed by atoms with Gasteiger partial charge in [0.25, 0.3) is 5.91 Å². The van der Waals surface area contributed by atoms with E-state index in [2.05, 4.69) is 13.0 Å². The molecule has 1 aliphatic rings. The van der Waals surface area contributed by atoms with E-state index in [1.54, 1.807) is 13.2 Å². The third kappa shape index (κ3) is 2.05. The second-order valence-electron chi connectivity index (χ2n) is 5.09. The van der Waals surface area contributed by atoms with Crippen molar-refractivity contribution in [1.29, 1.82) is 0 Å². The molecule has 3 rings (SSSR count). The minimum Gasteiger partial charge on any atom is -0.497 e. The van der Waals surface area contributed by atoms with Crippen molar-refractivity contribution in [2.24, 2.45) is 0 Å². The Morgan fingerprint density at radius 3 is 2.80 bits per heavy atom. The lowest BCUT2D eigenvalue weighted by Crippen LogP contribution is -2.35. The van der Waals surface area contributed by atoms with Crippen molar-refractivity contribution >= 4 is 11.6 Å². The molecule has 3 heteroatoms. The van der Waals surface area contributed by atoms with Gasteiger partial charge in [0, 0.05) is 17.3 Å². The molecule has 0 radical (unpaired) electrons. The van der Waals surface area contributed by atoms with Crippen LogP contribution in [0, 0.1) is 0 Å². The lowest BCUT2D eigenvalue weighted by Gasteiger charge is -2.23. The van der Waals surface area contributed by atoms with E-state index < -0.39 is 0 Å². The van der Waals surface area contributed by atoms with Crippen LogP contribution in [0.15, 0.2) is 48.5 Å². The first-order valence-electron chi connectivity index (χ1n) is 6.76. The summed E-state index contributed by atoms with van der Waals surface area (Å²) in [5, 5.41) is 0. The molecule has 0 bridgehead atoms. The molecule has 3 nitrogen and oxygen atoms in total. The van der Waals surface area contributed by atoms with Gasteiger partial charge in [0.15, 0.2) is 0 Å². The van der Waals surface area contributed by atoms with Crippen LogP contribution in [0.3, 0.4) is 0 Å². The number of hydrogen-bond donors (Lipinski definition) is 0. The summed E-state index contributed by atoms with van der Waals surface area (Å²) in [6.07, 6.45) is 0.909. The smallest absolute Gasteiger partial charge is 0.258 e. The van der Waals surface area contributed by atoms with Crippen LogP contribution < -0.4 is 9.64 Å². The molecule has 0 aromatic heterocycles. The molecule has 0 saturated carbocycles. The van der Waals surface area contributed by atoms with Crippen molar-refractivity contribution in [2.45, 2.75) is 19.4 Å². The summed E-state index contributed by atoms with van der Waals surface area (Å²) < 4.78 is 5.19. The van der Waals surface area contributed by atoms with E-state index in [-0.39, 0.29) is 11.9 Å². The third-order valence-corrected chi connectivity index (χ3v) is 3.74. The van der Waals surface area contributed by atoms with Gasteiger partial charge in [-0.15, -0.1) is 0 Å². The summed E-state index contributed by atoms with van der Waals surface area (Å²) in [5.41, 5.74) is 2.91. The first-order valence-corrected chi connectivity index (χ1v) is 6.76. The maximum absolute atomic E-state index is 12.8. The largest absolute Gasteiger partial charge is 0.497 e. The molecular formula is C17H17NO2. The highest BCUT2D eigenvalue weighted by Crippen LogP contribution is 2.33. The van der Waals surface area contributed by atoms with Crippen molar-refractivity contribution in [3.63, 3.8) is 0 Å². The van der Waals surface area contributed by atoms with Crippen molar-refractivity contribution in [1.82, 2.24) is 0 Å². The third-order valence-electron chi connectivity index (χ3n) is 3.74. The molecule has 2 aromatic carbocycles. The number of hydrogen-bond acceptors (Lipinski definition) is 2. The fourth-order valence-corrected chi connectivity index (χ4v) is 2.77. The molecule has 1 amide bonds. The van der Waals surface area contributed by atoms with E-state index in [0.29, 0.717) is 11.3 Å². The van der Waals surface area contributed by atoms with E-state index in [0.717, 1.165) is 12.1 Å². The monoisotopic (exact) mass is 267 g/mol. The molecule has 20 heavy (non-hydrogen) atoms. The maximum Gasteiger partial charge on any atom is 0.258 e. The van der Waals surface area contributed by atoms with Gasteiger partial charge in [0.2, 0.25) is 0 Å². The van der Waals surface area contributed by atoms with Crippen LogP contribution in [0.1, 0.15) is 22.8 Å². The Labute approximate surface area is 118 Å². The molecule has 102 valence electrons. The first-order chi connectivity index (χ1) is 9.70. The van der Waals surface area contributed by atoms with Crippen LogP contribution >= 0.6 is 0 Å². The number of fused-ring (bicyclic) bond motifs is 1. The standard InChI is InChI=1S/C17H17NO2/c1-12-10-13-6-3-4-9-16(13)18(12)17(19)14-7-5-8-15(11-14)20-2/h3-9,11-12H,10H2,1-2H3/t12-/m1/s1. The molecule has 0 fully saturated rings. The molecule has 2 aromatic rings. The van der Waals surface area contributed by atoms with E-state index in [1.807, 2.05) is 41.3 Å². The highest BCUT2D eigenvalue weighted by Gasteiger charge is 2.31. The Morgan fingerprint density at radius 2 is 2.00 bits per heavy atom. The van der Waals surface area contributed by atoms with Crippen molar-refractivity contribution < 1.29 is 9.53 Å². The Morgan fingerprint density at radius 1 is 1.20 bits per heavy atom. The minimum absolute atomic E-state index is 0.0290. The number of methoxy groups -OCH3 is 1. The number of para-hydroxylation sites is 1. The number of anilines is 1. The van der Waals surface area contributed by atoms with Gasteiger partial charge in [-0.3, -0.25) is 4.79 Å². The second kappa shape index (κ2) is 5.00. The van der Waals surface area contributed by atoms with Crippen molar-refractivity contribution in [3.8, 4) is 5.75 Å². The summed E-state index contributed by atoms with van der Waals surface area (Å²) in [4.78, 5) is 14.6. The predicted molar refractivity (Wildman–Crippen MR) is 79.4 cm³/mol. The molecule has 0 unspecified atom stereocenters. The van der Waals surface area contributed by atoms with E-state index >= 15 is 0 Å². The zero-order chi connectivity index (χ0) is 14.1. The van der Waals surface area contributed by atoms with E-state index in [4.69, 9.17) is 4.74 Å². The number of benzene rings is 2. The first kappa shape index (κ1) is 12.7. The quantitative estimate of drug-likeness (QED) is 0.835. The number of amides is 1. The fourth-order valence-electron chi connectivity index (χ4n) is 2.77. The van der Waals surface area contributed by atoms with Crippen LogP contribution in [0.2, 0.25) is 0 Å². The van der Waals surface area contributed by atoms with Gasteiger partial charge in [-0.05, 0) is 43.2 Å². The molecule has 0 saturated heterocycles. The maximum atomic E-state index is 12.8. The van der Waals surface area contributed by atoms with E-state index in [9.17, 15) is 4.79 Å². The summed E-state index contributed by atoms with van der Waals surface area (Å²) in [5.74, 6) is 0.734. The molecule has 0 N–H and O–H groups in total. The van der Waals surface area contributed by atoms with Crippen LogP contribution in [0.5, 0.6) is 5.75 Å². The number of ether oxygens (including phenoxy) is 1. The van der Waals surface area contributed by atoms with Gasteiger partial charge in [-0.2, -0.15) is 0 Å². The van der Waals surface area contributed by atoms with Gasteiger partial charge in [-0.25, -0.2) is 0 Å². The average molecular weight is 267 g/mol. The minimum atomic E-state index is 0.0290. The van der Waals surface area contributed by atoms with Gasteiger partial charge < -0.3 is 9.64 Å². The predicted octanol–water partition coefficient (Wildman–Crippen LogP) is 3.29. The van der Waals surface area contributed by atoms with Crippen LogP contribution in [-0.2, 0) is 6.42 Å². The van der Waals surface area contributed by atoms with Gasteiger partial charge >= 0.3 is 0 Å². The van der Waals surface area contributed by atoms with Crippen molar-refractivity contribution in [3.05, 3.63) is 59.7 Å². The summed E-state index contributed by atoms with van der Waals surface area (Å²) in [7, 11) is 1.61. The second-order valence-corrected chi connectivity index (χ2v) is 5.09. The zero-order valence-corrected chi connectivity index (χ0v) is 11.7. The Balaban J connectivity index is 1.98.